The van der Waals surface area contributed by atoms with Gasteiger partial charge < -0.3 is 14.8 Å². The smallest absolute Gasteiger partial charge is 0.344 e. The molecule has 0 unspecified atom stereocenters. The molecular weight excluding hydrogens is 288 g/mol. The van der Waals surface area contributed by atoms with E-state index in [0.29, 0.717) is 12.3 Å². The number of urea groups is 1. The van der Waals surface area contributed by atoms with Gasteiger partial charge in [-0.1, -0.05) is 18.2 Å². The summed E-state index contributed by atoms with van der Waals surface area (Å²) in [7, 11) is 0. The Kier molecular flexibility index (Phi) is 4.98. The number of carbonyl (C=O) groups is 3. The second-order valence-electron chi connectivity index (χ2n) is 4.95. The van der Waals surface area contributed by atoms with Gasteiger partial charge >= 0.3 is 12.0 Å². The molecule has 3 amide bonds. The molecule has 22 heavy (non-hydrogen) atoms. The third-order valence-corrected chi connectivity index (χ3v) is 3.26. The van der Waals surface area contributed by atoms with Gasteiger partial charge in [-0.15, -0.1) is 0 Å². The predicted octanol–water partition coefficient (Wildman–Crippen LogP) is 0.777. The first-order valence-corrected chi connectivity index (χ1v) is 6.92. The molecule has 2 rings (SSSR count). The topological polar surface area (TPSA) is 84.9 Å². The molecule has 1 fully saturated rings. The number of ether oxygens (including phenoxy) is 2. The quantitative estimate of drug-likeness (QED) is 0.813. The molecule has 0 saturated carbocycles. The van der Waals surface area contributed by atoms with E-state index in [9.17, 15) is 14.4 Å². The molecule has 0 radical (unpaired) electrons. The predicted molar refractivity (Wildman–Crippen MR) is 77.5 cm³/mol. The lowest BCUT2D eigenvalue weighted by atomic mass is 10.1. The average Bonchev–Trinajstić information content (AvgIpc) is 2.90. The molecule has 1 N–H and O–H groups in total. The highest BCUT2D eigenvalue weighted by Gasteiger charge is 2.26. The van der Waals surface area contributed by atoms with Crippen molar-refractivity contribution in [2.24, 2.45) is 0 Å². The molecule has 0 aliphatic carbocycles. The second kappa shape index (κ2) is 6.93. The van der Waals surface area contributed by atoms with Crippen LogP contribution in [0.4, 0.5) is 4.79 Å². The lowest BCUT2D eigenvalue weighted by Gasteiger charge is -2.13. The SMILES string of the molecule is Cc1cccc(C)c1OCC(=O)OCC(=O)N1CCNC1=O. The minimum atomic E-state index is -0.657. The molecule has 0 bridgehead atoms. The minimum Gasteiger partial charge on any atom is -0.481 e. The Hall–Kier alpha value is -2.57. The number of nitrogens with one attached hydrogen (secondary N) is 1. The number of hydrogen-bond donors (Lipinski definition) is 1. The van der Waals surface area contributed by atoms with Crippen molar-refractivity contribution in [1.29, 1.82) is 0 Å². The maximum absolute atomic E-state index is 11.7. The van der Waals surface area contributed by atoms with Crippen molar-refractivity contribution in [2.45, 2.75) is 13.8 Å². The fraction of sp³-hybridized carbons (Fsp3) is 0.400. The summed E-state index contributed by atoms with van der Waals surface area (Å²) in [6.07, 6.45) is 0. The van der Waals surface area contributed by atoms with Crippen LogP contribution in [0.5, 0.6) is 5.75 Å². The molecule has 0 aromatic heterocycles. The Morgan fingerprint density at radius 1 is 1.23 bits per heavy atom. The number of rotatable bonds is 5. The van der Waals surface area contributed by atoms with Gasteiger partial charge in [0.25, 0.3) is 5.91 Å². The normalized spacial score (nSPS) is 13.7. The number of para-hydroxylation sites is 1. The summed E-state index contributed by atoms with van der Waals surface area (Å²) < 4.78 is 10.3. The summed E-state index contributed by atoms with van der Waals surface area (Å²) in [5, 5.41) is 2.50. The Bertz CT molecular complexity index is 579. The van der Waals surface area contributed by atoms with E-state index < -0.39 is 24.5 Å². The first-order valence-electron chi connectivity index (χ1n) is 6.92. The van der Waals surface area contributed by atoms with Crippen molar-refractivity contribution in [3.63, 3.8) is 0 Å². The Balaban J connectivity index is 1.79. The molecule has 1 aromatic carbocycles. The molecule has 1 aliphatic rings. The van der Waals surface area contributed by atoms with Crippen LogP contribution in [-0.4, -0.2) is 49.1 Å². The molecule has 7 nitrogen and oxygen atoms in total. The number of hydrogen-bond acceptors (Lipinski definition) is 5. The summed E-state index contributed by atoms with van der Waals surface area (Å²) in [6.45, 7) is 3.70. The monoisotopic (exact) mass is 306 g/mol. The molecule has 0 spiro atoms. The van der Waals surface area contributed by atoms with Crippen LogP contribution >= 0.6 is 0 Å². The van der Waals surface area contributed by atoms with Gasteiger partial charge in [-0.25, -0.2) is 9.59 Å². The van der Waals surface area contributed by atoms with Crippen LogP contribution in [0.3, 0.4) is 0 Å². The first-order chi connectivity index (χ1) is 10.5. The summed E-state index contributed by atoms with van der Waals surface area (Å²) in [4.78, 5) is 35.6. The Morgan fingerprint density at radius 2 is 1.91 bits per heavy atom. The lowest BCUT2D eigenvalue weighted by molar-refractivity contribution is -0.152. The van der Waals surface area contributed by atoms with Crippen molar-refractivity contribution < 1.29 is 23.9 Å². The summed E-state index contributed by atoms with van der Waals surface area (Å²) >= 11 is 0. The van der Waals surface area contributed by atoms with Crippen LogP contribution in [-0.2, 0) is 14.3 Å². The third kappa shape index (κ3) is 3.75. The molecule has 7 heteroatoms. The van der Waals surface area contributed by atoms with Gasteiger partial charge in [-0.2, -0.15) is 0 Å². The van der Waals surface area contributed by atoms with E-state index in [4.69, 9.17) is 9.47 Å². The average molecular weight is 306 g/mol. The van der Waals surface area contributed by atoms with Crippen molar-refractivity contribution in [1.82, 2.24) is 10.2 Å². The highest BCUT2D eigenvalue weighted by atomic mass is 16.6. The number of esters is 1. The van der Waals surface area contributed by atoms with Gasteiger partial charge in [0.05, 0.1) is 0 Å². The van der Waals surface area contributed by atoms with Crippen LogP contribution in [0.2, 0.25) is 0 Å². The lowest BCUT2D eigenvalue weighted by Crippen LogP contribution is -2.37. The molecular formula is C15H18N2O5. The zero-order valence-corrected chi connectivity index (χ0v) is 12.5. The summed E-state index contributed by atoms with van der Waals surface area (Å²) in [5.41, 5.74) is 1.83. The van der Waals surface area contributed by atoms with E-state index in [2.05, 4.69) is 5.32 Å². The van der Waals surface area contributed by atoms with E-state index >= 15 is 0 Å². The summed E-state index contributed by atoms with van der Waals surface area (Å²) in [6, 6.07) is 5.19. The Morgan fingerprint density at radius 3 is 2.50 bits per heavy atom. The van der Waals surface area contributed by atoms with Crippen LogP contribution in [0.1, 0.15) is 11.1 Å². The van der Waals surface area contributed by atoms with E-state index in [1.807, 2.05) is 32.0 Å². The number of carbonyl (C=O) groups excluding carboxylic acids is 3. The van der Waals surface area contributed by atoms with Crippen molar-refractivity contribution >= 4 is 17.9 Å². The van der Waals surface area contributed by atoms with Gasteiger partial charge in [0.15, 0.2) is 13.2 Å². The molecule has 1 aliphatic heterocycles. The number of imide groups is 1. The summed E-state index contributed by atoms with van der Waals surface area (Å²) in [5.74, 6) is -0.573. The van der Waals surface area contributed by atoms with Crippen molar-refractivity contribution in [3.8, 4) is 5.75 Å². The van der Waals surface area contributed by atoms with E-state index in [1.165, 1.54) is 0 Å². The van der Waals surface area contributed by atoms with Gasteiger partial charge in [-0.05, 0) is 25.0 Å². The zero-order valence-electron chi connectivity index (χ0n) is 12.5. The maximum Gasteiger partial charge on any atom is 0.344 e. The third-order valence-electron chi connectivity index (χ3n) is 3.26. The maximum atomic E-state index is 11.7. The fourth-order valence-corrected chi connectivity index (χ4v) is 2.13. The molecule has 0 atom stereocenters. The van der Waals surface area contributed by atoms with Crippen molar-refractivity contribution in [2.75, 3.05) is 26.3 Å². The second-order valence-corrected chi connectivity index (χ2v) is 4.95. The molecule has 118 valence electrons. The standard InChI is InChI=1S/C15H18N2O5/c1-10-4-3-5-11(2)14(10)22-9-13(19)21-8-12(18)17-7-6-16-15(17)20/h3-5H,6-9H2,1-2H3,(H,16,20). The van der Waals surface area contributed by atoms with Crippen molar-refractivity contribution in [3.05, 3.63) is 29.3 Å². The number of benzene rings is 1. The van der Waals surface area contributed by atoms with Gasteiger partial charge in [0.2, 0.25) is 0 Å². The highest BCUT2D eigenvalue weighted by molar-refractivity contribution is 5.96. The number of amides is 3. The fourth-order valence-electron chi connectivity index (χ4n) is 2.13. The first kappa shape index (κ1) is 15.8. The van der Waals surface area contributed by atoms with E-state index in [-0.39, 0.29) is 13.2 Å². The zero-order chi connectivity index (χ0) is 16.1. The number of aryl methyl sites for hydroxylation is 2. The molecule has 1 aromatic rings. The molecule has 1 saturated heterocycles. The van der Waals surface area contributed by atoms with Crippen LogP contribution in [0.25, 0.3) is 0 Å². The highest BCUT2D eigenvalue weighted by Crippen LogP contribution is 2.22. The molecule has 1 heterocycles. The van der Waals surface area contributed by atoms with E-state index in [1.54, 1.807) is 0 Å². The van der Waals surface area contributed by atoms with Crippen LogP contribution in [0, 0.1) is 13.8 Å². The number of nitrogens with zero attached hydrogens (tertiary/aromatic N) is 1. The largest absolute Gasteiger partial charge is 0.481 e. The Labute approximate surface area is 128 Å². The van der Waals surface area contributed by atoms with Crippen LogP contribution in [0.15, 0.2) is 18.2 Å². The van der Waals surface area contributed by atoms with Gasteiger partial charge in [0.1, 0.15) is 5.75 Å². The van der Waals surface area contributed by atoms with Crippen LogP contribution < -0.4 is 10.1 Å². The van der Waals surface area contributed by atoms with Gasteiger partial charge in [0, 0.05) is 13.1 Å². The minimum absolute atomic E-state index is 0.286. The van der Waals surface area contributed by atoms with Gasteiger partial charge in [-0.3, -0.25) is 9.69 Å². The van der Waals surface area contributed by atoms with E-state index in [0.717, 1.165) is 16.0 Å².